The van der Waals surface area contributed by atoms with Crippen molar-refractivity contribution in [3.63, 3.8) is 0 Å². The Balaban J connectivity index is 1.76. The number of hydrogen-bond donors (Lipinski definition) is 1. The van der Waals surface area contributed by atoms with Crippen LogP contribution in [-0.4, -0.2) is 36.0 Å². The Morgan fingerprint density at radius 2 is 1.72 bits per heavy atom. The summed E-state index contributed by atoms with van der Waals surface area (Å²) in [5.74, 6) is -0.0972. The Labute approximate surface area is 197 Å². The molecule has 1 fully saturated rings. The molecule has 1 unspecified atom stereocenters. The van der Waals surface area contributed by atoms with Crippen molar-refractivity contribution in [2.45, 2.75) is 58.7 Å². The van der Waals surface area contributed by atoms with Crippen LogP contribution in [0.2, 0.25) is 5.02 Å². The van der Waals surface area contributed by atoms with Crippen LogP contribution in [0, 0.1) is 13.8 Å². The van der Waals surface area contributed by atoms with Crippen molar-refractivity contribution in [1.82, 2.24) is 0 Å². The van der Waals surface area contributed by atoms with Gasteiger partial charge < -0.3 is 0 Å². The Morgan fingerprint density at radius 3 is 2.31 bits per heavy atom. The van der Waals surface area contributed by atoms with Gasteiger partial charge in [0, 0.05) is 0 Å². The summed E-state index contributed by atoms with van der Waals surface area (Å²) in [6.45, 7) is 6.34. The first kappa shape index (κ1) is 24.7. The van der Waals surface area contributed by atoms with Crippen LogP contribution >= 0.6 is 18.9 Å². The molecule has 174 valence electrons. The van der Waals surface area contributed by atoms with Gasteiger partial charge in [-0.25, -0.2) is 0 Å². The molecule has 1 aliphatic heterocycles. The van der Waals surface area contributed by atoms with Gasteiger partial charge >= 0.3 is 197 Å². The molecule has 1 N–H and O–H groups in total. The van der Waals surface area contributed by atoms with Crippen molar-refractivity contribution in [3.05, 3.63) is 64.2 Å². The molecule has 3 rings (SSSR count). The molecule has 2 aromatic carbocycles. The molecule has 1 saturated heterocycles. The molecule has 0 spiro atoms. The van der Waals surface area contributed by atoms with Gasteiger partial charge in [0.2, 0.25) is 0 Å². The van der Waals surface area contributed by atoms with Gasteiger partial charge in [0.15, 0.2) is 0 Å². The molecule has 1 aliphatic rings. The van der Waals surface area contributed by atoms with E-state index < -0.39 is 7.26 Å². The first-order chi connectivity index (χ1) is 15.3. The number of anilines is 1. The van der Waals surface area contributed by atoms with E-state index in [1.165, 1.54) is 0 Å². The molecule has 0 bridgehead atoms. The van der Waals surface area contributed by atoms with Crippen molar-refractivity contribution in [1.29, 1.82) is 0 Å². The first-order valence-corrected chi connectivity index (χ1v) is 14.7. The van der Waals surface area contributed by atoms with E-state index in [9.17, 15) is 9.59 Å². The average molecular weight is 476 g/mol. The minimum atomic E-state index is -2.16. The predicted octanol–water partition coefficient (Wildman–Crippen LogP) is 6.35. The zero-order valence-electron chi connectivity index (χ0n) is 19.4. The van der Waals surface area contributed by atoms with Gasteiger partial charge in [-0.2, -0.15) is 0 Å². The van der Waals surface area contributed by atoms with Gasteiger partial charge in [0.05, 0.1) is 0 Å². The molecule has 0 radical (unpaired) electrons. The number of ether oxygens (including phenoxy) is 1. The quantitative estimate of drug-likeness (QED) is 0.339. The summed E-state index contributed by atoms with van der Waals surface area (Å²) in [6, 6.07) is 13.5. The number of rotatable bonds is 9. The number of carbonyl (C=O) groups is 2. The third kappa shape index (κ3) is 6.11. The minimum absolute atomic E-state index is 0.0600. The Morgan fingerprint density at radius 1 is 1.09 bits per heavy atom. The standard InChI is InChI=1S/C26H35ClNO3P/c1-4-10-23(26(30)28-25-19(2)15-22(27)16-20(25)3)32(13-8-9-14-32)18-24(29)31-17-21-11-6-5-7-12-21/h5-7,11-12,15-16,23,32H,4,8-10,13-14,17-18H2,1-3H3,(H,28,30). The SMILES string of the molecule is CCCC(C(=O)Nc1c(C)cc(Cl)cc1C)[PH]1(CC(=O)OCc2ccccc2)CCCC1. The molecule has 1 amide bonds. The number of halogens is 1. The van der Waals surface area contributed by atoms with Gasteiger partial charge in [-0.15, -0.1) is 0 Å². The van der Waals surface area contributed by atoms with Crippen LogP contribution in [0.25, 0.3) is 0 Å². The summed E-state index contributed by atoms with van der Waals surface area (Å²) < 4.78 is 5.64. The predicted molar refractivity (Wildman–Crippen MR) is 137 cm³/mol. The van der Waals surface area contributed by atoms with Crippen LogP contribution in [0.15, 0.2) is 42.5 Å². The van der Waals surface area contributed by atoms with Gasteiger partial charge in [-0.1, -0.05) is 0 Å². The van der Waals surface area contributed by atoms with Crippen LogP contribution < -0.4 is 5.32 Å². The number of amides is 1. The third-order valence-electron chi connectivity index (χ3n) is 6.72. The fraction of sp³-hybridized carbons (Fsp3) is 0.462. The van der Waals surface area contributed by atoms with Gasteiger partial charge in [-0.05, 0) is 0 Å². The van der Waals surface area contributed by atoms with Crippen molar-refractivity contribution >= 4 is 36.4 Å². The summed E-state index contributed by atoms with van der Waals surface area (Å²) in [7, 11) is -2.16. The summed E-state index contributed by atoms with van der Waals surface area (Å²) in [5.41, 5.74) is 3.66. The van der Waals surface area contributed by atoms with Gasteiger partial charge in [-0.3, -0.25) is 0 Å². The van der Waals surface area contributed by atoms with E-state index in [0.29, 0.717) is 11.2 Å². The van der Waals surface area contributed by atoms with Crippen molar-refractivity contribution < 1.29 is 14.3 Å². The maximum atomic E-state index is 13.6. The topological polar surface area (TPSA) is 55.4 Å². The van der Waals surface area contributed by atoms with Gasteiger partial charge in [0.1, 0.15) is 0 Å². The average Bonchev–Trinajstić information content (AvgIpc) is 3.22. The zero-order chi connectivity index (χ0) is 23.1. The Bertz CT molecular complexity index is 918. The molecule has 1 heterocycles. The van der Waals surface area contributed by atoms with E-state index in [0.717, 1.165) is 60.4 Å². The van der Waals surface area contributed by atoms with E-state index in [1.54, 1.807) is 0 Å². The number of nitrogens with one attached hydrogen (secondary N) is 1. The number of esters is 1. The summed E-state index contributed by atoms with van der Waals surface area (Å²) in [6.07, 6.45) is 6.40. The second-order valence-corrected chi connectivity index (χ2v) is 14.3. The summed E-state index contributed by atoms with van der Waals surface area (Å²) >= 11 is 6.17. The molecular formula is C26H35ClNO3P. The van der Waals surface area contributed by atoms with E-state index in [4.69, 9.17) is 16.3 Å². The molecular weight excluding hydrogens is 441 g/mol. The monoisotopic (exact) mass is 475 g/mol. The Kier molecular flexibility index (Phi) is 8.73. The van der Waals surface area contributed by atoms with Crippen molar-refractivity contribution in [2.24, 2.45) is 0 Å². The maximum absolute atomic E-state index is 13.6. The molecule has 2 aromatic rings. The van der Waals surface area contributed by atoms with Crippen LogP contribution in [0.4, 0.5) is 5.69 Å². The fourth-order valence-electron chi connectivity index (χ4n) is 5.13. The van der Waals surface area contributed by atoms with Crippen LogP contribution in [0.3, 0.4) is 0 Å². The summed E-state index contributed by atoms with van der Waals surface area (Å²) in [5, 5.41) is 3.88. The van der Waals surface area contributed by atoms with Gasteiger partial charge in [0.25, 0.3) is 0 Å². The molecule has 0 aliphatic carbocycles. The van der Waals surface area contributed by atoms with E-state index in [1.807, 2.05) is 56.3 Å². The number of aryl methyl sites for hydroxylation is 2. The molecule has 1 atom stereocenters. The van der Waals surface area contributed by atoms with Crippen LogP contribution in [-0.2, 0) is 20.9 Å². The number of hydrogen-bond acceptors (Lipinski definition) is 3. The molecule has 0 aromatic heterocycles. The molecule has 0 saturated carbocycles. The molecule has 4 nitrogen and oxygen atoms in total. The number of carbonyl (C=O) groups excluding carboxylic acids is 2. The summed E-state index contributed by atoms with van der Waals surface area (Å²) in [4.78, 5) is 26.5. The number of benzene rings is 2. The molecule has 32 heavy (non-hydrogen) atoms. The molecule has 6 heteroatoms. The van der Waals surface area contributed by atoms with E-state index in [2.05, 4.69) is 12.2 Å². The van der Waals surface area contributed by atoms with Crippen molar-refractivity contribution in [3.8, 4) is 0 Å². The second-order valence-electron chi connectivity index (χ2n) is 9.14. The fourth-order valence-corrected chi connectivity index (χ4v) is 11.1. The Hall–Kier alpha value is -1.90. The van der Waals surface area contributed by atoms with Crippen molar-refractivity contribution in [2.75, 3.05) is 23.8 Å². The van der Waals surface area contributed by atoms with Crippen LogP contribution in [0.5, 0.6) is 0 Å². The normalized spacial score (nSPS) is 16.9. The van der Waals surface area contributed by atoms with E-state index >= 15 is 0 Å². The second kappa shape index (κ2) is 11.3. The zero-order valence-corrected chi connectivity index (χ0v) is 21.1. The van der Waals surface area contributed by atoms with Crippen LogP contribution in [0.1, 0.15) is 49.3 Å². The van der Waals surface area contributed by atoms with E-state index in [-0.39, 0.29) is 24.1 Å². The first-order valence-electron chi connectivity index (χ1n) is 11.6. The third-order valence-corrected chi connectivity index (χ3v) is 12.7.